The molecule has 0 saturated carbocycles. The van der Waals surface area contributed by atoms with Gasteiger partial charge in [-0.3, -0.25) is 5.11 Å². The van der Waals surface area contributed by atoms with Crippen molar-refractivity contribution in [3.8, 4) is 5.75 Å². The first-order valence-electron chi connectivity index (χ1n) is 2.24. The molecule has 0 aliphatic heterocycles. The van der Waals surface area contributed by atoms with Crippen LogP contribution >= 0.6 is 0 Å². The number of rotatable bonds is 0. The van der Waals surface area contributed by atoms with Gasteiger partial charge >= 0.3 is 0 Å². The van der Waals surface area contributed by atoms with E-state index in [0.29, 0.717) is 0 Å². The minimum atomic E-state index is -1.36. The van der Waals surface area contributed by atoms with E-state index in [0.717, 1.165) is 12.1 Å². The van der Waals surface area contributed by atoms with Crippen LogP contribution in [-0.2, 0) is 5.11 Å². The molecule has 2 radical (unpaired) electrons. The zero-order valence-electron chi connectivity index (χ0n) is 4.32. The third-order valence-electron chi connectivity index (χ3n) is 0.854. The fraction of sp³-hybridized carbons (Fsp3) is 0. The van der Waals surface area contributed by atoms with Crippen molar-refractivity contribution < 1.29 is 13.9 Å². The molecular weight excluding hydrogens is 126 g/mol. The van der Waals surface area contributed by atoms with Gasteiger partial charge in [-0.2, -0.15) is 4.39 Å². The molecule has 0 aliphatic rings. The molecule has 0 amide bonds. The quantitative estimate of drug-likeness (QED) is 0.508. The van der Waals surface area contributed by atoms with Gasteiger partial charge in [-0.15, -0.1) is 0 Å². The lowest BCUT2D eigenvalue weighted by Gasteiger charge is -1.88. The SMILES string of the molecule is [O]c1cc[c]c(F)c1F. The third kappa shape index (κ3) is 0.988. The van der Waals surface area contributed by atoms with Crippen LogP contribution in [0.15, 0.2) is 12.1 Å². The second kappa shape index (κ2) is 2.01. The highest BCUT2D eigenvalue weighted by Gasteiger charge is 2.06. The Morgan fingerprint density at radius 3 is 2.56 bits per heavy atom. The largest absolute Gasteiger partial charge is 0.287 e. The van der Waals surface area contributed by atoms with E-state index in [1.807, 2.05) is 6.07 Å². The van der Waals surface area contributed by atoms with Gasteiger partial charge in [-0.25, -0.2) is 4.39 Å². The molecule has 46 valence electrons. The van der Waals surface area contributed by atoms with E-state index in [2.05, 4.69) is 0 Å². The van der Waals surface area contributed by atoms with Crippen LogP contribution < -0.4 is 0 Å². The normalized spacial score (nSPS) is 9.56. The minimum Gasteiger partial charge on any atom is -0.287 e. The van der Waals surface area contributed by atoms with Crippen molar-refractivity contribution in [3.63, 3.8) is 0 Å². The number of benzene rings is 1. The van der Waals surface area contributed by atoms with Gasteiger partial charge in [-0.1, -0.05) is 0 Å². The van der Waals surface area contributed by atoms with Crippen LogP contribution in [0.5, 0.6) is 5.75 Å². The molecule has 0 aliphatic carbocycles. The molecule has 9 heavy (non-hydrogen) atoms. The summed E-state index contributed by atoms with van der Waals surface area (Å²) in [6.07, 6.45) is 0. The second-order valence-corrected chi connectivity index (χ2v) is 1.47. The number of halogens is 2. The summed E-state index contributed by atoms with van der Waals surface area (Å²) in [5.41, 5.74) is 0. The van der Waals surface area contributed by atoms with Gasteiger partial charge in [0, 0.05) is 6.07 Å². The fourth-order valence-corrected chi connectivity index (χ4v) is 0.435. The van der Waals surface area contributed by atoms with Gasteiger partial charge in [0.25, 0.3) is 0 Å². The van der Waals surface area contributed by atoms with Crippen molar-refractivity contribution >= 4 is 0 Å². The maximum atomic E-state index is 12.0. The summed E-state index contributed by atoms with van der Waals surface area (Å²) < 4.78 is 24.0. The van der Waals surface area contributed by atoms with Crippen molar-refractivity contribution in [2.75, 3.05) is 0 Å². The second-order valence-electron chi connectivity index (χ2n) is 1.47. The fourth-order valence-electron chi connectivity index (χ4n) is 0.435. The molecule has 0 atom stereocenters. The van der Waals surface area contributed by atoms with Crippen LogP contribution in [0.2, 0.25) is 0 Å². The van der Waals surface area contributed by atoms with E-state index in [-0.39, 0.29) is 0 Å². The van der Waals surface area contributed by atoms with Crippen molar-refractivity contribution in [3.05, 3.63) is 29.8 Å². The van der Waals surface area contributed by atoms with Crippen molar-refractivity contribution in [2.45, 2.75) is 0 Å². The Hall–Kier alpha value is -1.12. The predicted molar refractivity (Wildman–Crippen MR) is 25.3 cm³/mol. The lowest BCUT2D eigenvalue weighted by molar-refractivity contribution is 0.320. The molecule has 0 aromatic heterocycles. The molecular formula is C6H2F2O. The Morgan fingerprint density at radius 2 is 2.11 bits per heavy atom. The van der Waals surface area contributed by atoms with Gasteiger partial charge in [0.1, 0.15) is 0 Å². The Morgan fingerprint density at radius 1 is 1.44 bits per heavy atom. The highest BCUT2D eigenvalue weighted by atomic mass is 19.2. The van der Waals surface area contributed by atoms with Crippen LogP contribution in [0.3, 0.4) is 0 Å². The highest BCUT2D eigenvalue weighted by Crippen LogP contribution is 2.16. The van der Waals surface area contributed by atoms with Crippen LogP contribution in [0.4, 0.5) is 8.78 Å². The van der Waals surface area contributed by atoms with E-state index in [9.17, 15) is 13.9 Å². The van der Waals surface area contributed by atoms with E-state index >= 15 is 0 Å². The van der Waals surface area contributed by atoms with Crippen LogP contribution in [0.25, 0.3) is 0 Å². The van der Waals surface area contributed by atoms with E-state index in [1.165, 1.54) is 0 Å². The molecule has 0 unspecified atom stereocenters. The van der Waals surface area contributed by atoms with E-state index in [1.54, 1.807) is 0 Å². The van der Waals surface area contributed by atoms with Crippen molar-refractivity contribution in [1.29, 1.82) is 0 Å². The summed E-state index contributed by atoms with van der Waals surface area (Å²) in [7, 11) is 0. The molecule has 1 nitrogen and oxygen atoms in total. The summed E-state index contributed by atoms with van der Waals surface area (Å²) in [5, 5.41) is 10.2. The minimum absolute atomic E-state index is 0.915. The maximum Gasteiger partial charge on any atom is 0.217 e. The molecule has 1 aromatic rings. The Bertz CT molecular complexity index is 202. The standard InChI is InChI=1S/C6H2F2O/c7-4-2-1-3-5(9)6(4)8/h1,3H. The summed E-state index contributed by atoms with van der Waals surface area (Å²) >= 11 is 0. The molecule has 0 fully saturated rings. The molecule has 1 aromatic carbocycles. The zero-order chi connectivity index (χ0) is 6.85. The first-order valence-corrected chi connectivity index (χ1v) is 2.24. The zero-order valence-corrected chi connectivity index (χ0v) is 4.32. The summed E-state index contributed by atoms with van der Waals surface area (Å²) in [4.78, 5) is 0. The van der Waals surface area contributed by atoms with E-state index in [4.69, 9.17) is 0 Å². The number of hydrogen-bond donors (Lipinski definition) is 0. The third-order valence-corrected chi connectivity index (χ3v) is 0.854. The smallest absolute Gasteiger partial charge is 0.217 e. The van der Waals surface area contributed by atoms with Crippen molar-refractivity contribution in [2.24, 2.45) is 0 Å². The Labute approximate surface area is 50.6 Å². The summed E-state index contributed by atoms with van der Waals surface area (Å²) in [5.74, 6) is -3.52. The molecule has 0 heterocycles. The van der Waals surface area contributed by atoms with Gasteiger partial charge in [-0.05, 0) is 12.1 Å². The topological polar surface area (TPSA) is 19.9 Å². The van der Waals surface area contributed by atoms with Gasteiger partial charge in [0.15, 0.2) is 5.82 Å². The molecule has 1 rings (SSSR count). The first-order chi connectivity index (χ1) is 4.22. The summed E-state index contributed by atoms with van der Waals surface area (Å²) in [6, 6.07) is 3.86. The van der Waals surface area contributed by atoms with Crippen LogP contribution in [-0.4, -0.2) is 0 Å². The number of hydrogen-bond acceptors (Lipinski definition) is 0. The van der Waals surface area contributed by atoms with E-state index < -0.39 is 17.4 Å². The lowest BCUT2D eigenvalue weighted by atomic mass is 10.3. The molecule has 3 heteroatoms. The van der Waals surface area contributed by atoms with Crippen LogP contribution in [0.1, 0.15) is 0 Å². The van der Waals surface area contributed by atoms with Gasteiger partial charge in [0.05, 0.1) is 0 Å². The Kier molecular flexibility index (Phi) is 1.34. The molecule has 0 saturated heterocycles. The Balaban J connectivity index is 3.25. The average molecular weight is 128 g/mol. The maximum absolute atomic E-state index is 12.0. The monoisotopic (exact) mass is 128 g/mol. The molecule has 0 spiro atoms. The highest BCUT2D eigenvalue weighted by molar-refractivity contribution is 5.21. The first kappa shape index (κ1) is 6.01. The predicted octanol–water partition coefficient (Wildman–Crippen LogP) is 1.91. The van der Waals surface area contributed by atoms with Gasteiger partial charge < -0.3 is 0 Å². The average Bonchev–Trinajstić information content (AvgIpc) is 1.83. The summed E-state index contributed by atoms with van der Waals surface area (Å²) in [6.45, 7) is 0. The lowest BCUT2D eigenvalue weighted by Crippen LogP contribution is -1.80. The van der Waals surface area contributed by atoms with Crippen LogP contribution in [0, 0.1) is 17.7 Å². The van der Waals surface area contributed by atoms with Crippen molar-refractivity contribution in [1.82, 2.24) is 0 Å². The van der Waals surface area contributed by atoms with Gasteiger partial charge in [0.2, 0.25) is 11.6 Å². The molecule has 0 N–H and O–H groups in total. The molecule has 0 bridgehead atoms.